The number of nitrogens with zero attached hydrogens (tertiary/aromatic N) is 1. The maximum Gasteiger partial charge on any atom is 0.317 e. The summed E-state index contributed by atoms with van der Waals surface area (Å²) in [5, 5.41) is 20.2. The molecule has 7 heteroatoms. The molecular weight excluding hydrogens is 252 g/mol. The van der Waals surface area contributed by atoms with Crippen molar-refractivity contribution >= 4 is 12.0 Å². The van der Waals surface area contributed by atoms with Gasteiger partial charge in [-0.05, 0) is 12.8 Å². The third-order valence-electron chi connectivity index (χ3n) is 2.97. The van der Waals surface area contributed by atoms with Crippen LogP contribution in [0.2, 0.25) is 0 Å². The maximum atomic E-state index is 11.8. The molecule has 0 aliphatic carbocycles. The highest BCUT2D eigenvalue weighted by Gasteiger charge is 2.23. The highest BCUT2D eigenvalue weighted by atomic mass is 16.5. The molecule has 2 amide bonds. The van der Waals surface area contributed by atoms with Crippen molar-refractivity contribution in [2.24, 2.45) is 0 Å². The first-order chi connectivity index (χ1) is 9.13. The van der Waals surface area contributed by atoms with E-state index in [-0.39, 0.29) is 25.2 Å². The second-order valence-corrected chi connectivity index (χ2v) is 4.56. The fourth-order valence-electron chi connectivity index (χ4n) is 1.90. The molecule has 110 valence electrons. The smallest absolute Gasteiger partial charge is 0.317 e. The minimum atomic E-state index is -0.785. The molecule has 1 aliphatic rings. The summed E-state index contributed by atoms with van der Waals surface area (Å²) in [6, 6.07) is -0.153. The number of carboxylic acids is 1. The largest absolute Gasteiger partial charge is 0.481 e. The van der Waals surface area contributed by atoms with Gasteiger partial charge in [-0.25, -0.2) is 4.79 Å². The quantitative estimate of drug-likeness (QED) is 0.569. The van der Waals surface area contributed by atoms with Gasteiger partial charge in [0.1, 0.15) is 0 Å². The molecule has 3 N–H and O–H groups in total. The molecule has 19 heavy (non-hydrogen) atoms. The lowest BCUT2D eigenvalue weighted by Crippen LogP contribution is -2.50. The summed E-state index contributed by atoms with van der Waals surface area (Å²) in [5.41, 5.74) is 0. The molecule has 0 aromatic heterocycles. The molecule has 1 heterocycles. The van der Waals surface area contributed by atoms with Crippen LogP contribution in [0.1, 0.15) is 25.7 Å². The number of rotatable bonds is 7. The van der Waals surface area contributed by atoms with E-state index in [2.05, 4.69) is 5.32 Å². The van der Waals surface area contributed by atoms with E-state index >= 15 is 0 Å². The number of morpholine rings is 1. The van der Waals surface area contributed by atoms with Crippen LogP contribution in [0.3, 0.4) is 0 Å². The monoisotopic (exact) mass is 274 g/mol. The van der Waals surface area contributed by atoms with Gasteiger partial charge < -0.3 is 25.2 Å². The SMILES string of the molecule is O=C(O)CCCCCNC(=O)N1CCOC(CO)C1. The first-order valence-corrected chi connectivity index (χ1v) is 6.60. The van der Waals surface area contributed by atoms with Crippen molar-refractivity contribution in [3.05, 3.63) is 0 Å². The second kappa shape index (κ2) is 8.71. The number of amides is 2. The summed E-state index contributed by atoms with van der Waals surface area (Å²) in [6.45, 7) is 1.83. The minimum Gasteiger partial charge on any atom is -0.481 e. The summed E-state index contributed by atoms with van der Waals surface area (Å²) in [6.07, 6.45) is 2.07. The Morgan fingerprint density at radius 2 is 2.11 bits per heavy atom. The lowest BCUT2D eigenvalue weighted by molar-refractivity contribution is -0.137. The van der Waals surface area contributed by atoms with Gasteiger partial charge in [0, 0.05) is 19.5 Å². The van der Waals surface area contributed by atoms with Gasteiger partial charge in [0.15, 0.2) is 0 Å². The lowest BCUT2D eigenvalue weighted by atomic mass is 10.2. The molecule has 1 saturated heterocycles. The molecule has 0 spiro atoms. The number of carboxylic acid groups (broad SMARTS) is 1. The van der Waals surface area contributed by atoms with E-state index in [1.165, 1.54) is 0 Å². The van der Waals surface area contributed by atoms with Crippen LogP contribution in [0.4, 0.5) is 4.79 Å². The predicted molar refractivity (Wildman–Crippen MR) is 67.9 cm³/mol. The summed E-state index contributed by atoms with van der Waals surface area (Å²) in [5.74, 6) is -0.785. The Morgan fingerprint density at radius 1 is 1.32 bits per heavy atom. The third-order valence-corrected chi connectivity index (χ3v) is 2.97. The fraction of sp³-hybridized carbons (Fsp3) is 0.833. The van der Waals surface area contributed by atoms with E-state index in [4.69, 9.17) is 14.9 Å². The number of urea groups is 1. The van der Waals surface area contributed by atoms with Crippen molar-refractivity contribution in [2.45, 2.75) is 31.8 Å². The zero-order valence-corrected chi connectivity index (χ0v) is 11.0. The number of unbranched alkanes of at least 4 members (excludes halogenated alkanes) is 2. The summed E-state index contributed by atoms with van der Waals surface area (Å²) in [4.78, 5) is 23.7. The van der Waals surface area contributed by atoms with Crippen molar-refractivity contribution in [2.75, 3.05) is 32.8 Å². The van der Waals surface area contributed by atoms with Crippen LogP contribution in [0.25, 0.3) is 0 Å². The molecule has 0 aromatic rings. The number of carbonyl (C=O) groups excluding carboxylic acids is 1. The number of ether oxygens (including phenoxy) is 1. The molecule has 0 radical (unpaired) electrons. The van der Waals surface area contributed by atoms with Crippen molar-refractivity contribution < 1.29 is 24.5 Å². The molecule has 1 unspecified atom stereocenters. The Labute approximate surface area is 112 Å². The van der Waals surface area contributed by atoms with E-state index in [0.717, 1.165) is 12.8 Å². The van der Waals surface area contributed by atoms with Crippen molar-refractivity contribution in [3.63, 3.8) is 0 Å². The van der Waals surface area contributed by atoms with Crippen LogP contribution < -0.4 is 5.32 Å². The summed E-state index contributed by atoms with van der Waals surface area (Å²) >= 11 is 0. The molecule has 1 aliphatic heterocycles. The third kappa shape index (κ3) is 6.40. The van der Waals surface area contributed by atoms with Gasteiger partial charge in [0.25, 0.3) is 0 Å². The highest BCUT2D eigenvalue weighted by Crippen LogP contribution is 2.05. The summed E-state index contributed by atoms with van der Waals surface area (Å²) in [7, 11) is 0. The predicted octanol–water partition coefficient (Wildman–Crippen LogP) is 0.0341. The zero-order chi connectivity index (χ0) is 14.1. The Bertz CT molecular complexity index is 298. The zero-order valence-electron chi connectivity index (χ0n) is 11.0. The number of aliphatic hydroxyl groups is 1. The average molecular weight is 274 g/mol. The number of hydrogen-bond acceptors (Lipinski definition) is 4. The number of carbonyl (C=O) groups is 2. The number of hydrogen-bond donors (Lipinski definition) is 3. The average Bonchev–Trinajstić information content (AvgIpc) is 2.42. The molecule has 1 rings (SSSR count). The molecule has 0 saturated carbocycles. The van der Waals surface area contributed by atoms with E-state index < -0.39 is 5.97 Å². The van der Waals surface area contributed by atoms with Crippen LogP contribution >= 0.6 is 0 Å². The molecular formula is C12H22N2O5. The van der Waals surface area contributed by atoms with Crippen LogP contribution in [-0.4, -0.2) is 66.1 Å². The van der Waals surface area contributed by atoms with Gasteiger partial charge >= 0.3 is 12.0 Å². The van der Waals surface area contributed by atoms with Gasteiger partial charge in [-0.3, -0.25) is 4.79 Å². The number of aliphatic hydroxyl groups excluding tert-OH is 1. The summed E-state index contributed by atoms with van der Waals surface area (Å²) < 4.78 is 5.26. The van der Waals surface area contributed by atoms with E-state index in [0.29, 0.717) is 32.7 Å². The van der Waals surface area contributed by atoms with Crippen molar-refractivity contribution in [1.29, 1.82) is 0 Å². The van der Waals surface area contributed by atoms with Crippen LogP contribution in [0.15, 0.2) is 0 Å². The number of nitrogens with one attached hydrogen (secondary N) is 1. The van der Waals surface area contributed by atoms with Crippen molar-refractivity contribution in [1.82, 2.24) is 10.2 Å². The van der Waals surface area contributed by atoms with Crippen LogP contribution in [0.5, 0.6) is 0 Å². The minimum absolute atomic E-state index is 0.0844. The highest BCUT2D eigenvalue weighted by molar-refractivity contribution is 5.74. The van der Waals surface area contributed by atoms with Gasteiger partial charge in [-0.15, -0.1) is 0 Å². The molecule has 0 bridgehead atoms. The Hall–Kier alpha value is -1.34. The van der Waals surface area contributed by atoms with Gasteiger partial charge in [-0.2, -0.15) is 0 Å². The first kappa shape index (κ1) is 15.7. The Morgan fingerprint density at radius 3 is 2.79 bits per heavy atom. The number of aliphatic carboxylic acids is 1. The van der Waals surface area contributed by atoms with E-state index in [9.17, 15) is 9.59 Å². The molecule has 7 nitrogen and oxygen atoms in total. The van der Waals surface area contributed by atoms with Gasteiger partial charge in [0.05, 0.1) is 25.9 Å². The lowest BCUT2D eigenvalue weighted by Gasteiger charge is -2.32. The fourth-order valence-corrected chi connectivity index (χ4v) is 1.90. The van der Waals surface area contributed by atoms with Crippen LogP contribution in [0, 0.1) is 0 Å². The topological polar surface area (TPSA) is 99.1 Å². The maximum absolute atomic E-state index is 11.8. The van der Waals surface area contributed by atoms with E-state index in [1.54, 1.807) is 4.90 Å². The normalized spacial score (nSPS) is 19.2. The van der Waals surface area contributed by atoms with Crippen LogP contribution in [-0.2, 0) is 9.53 Å². The Kier molecular flexibility index (Phi) is 7.20. The second-order valence-electron chi connectivity index (χ2n) is 4.56. The van der Waals surface area contributed by atoms with Gasteiger partial charge in [-0.1, -0.05) is 6.42 Å². The van der Waals surface area contributed by atoms with Gasteiger partial charge in [0.2, 0.25) is 0 Å². The Balaban J connectivity index is 2.08. The molecule has 1 fully saturated rings. The standard InChI is InChI=1S/C12H22N2O5/c15-9-10-8-14(6-7-19-10)12(18)13-5-3-1-2-4-11(16)17/h10,15H,1-9H2,(H,13,18)(H,16,17). The first-order valence-electron chi connectivity index (χ1n) is 6.60. The van der Waals surface area contributed by atoms with Crippen molar-refractivity contribution in [3.8, 4) is 0 Å². The van der Waals surface area contributed by atoms with E-state index in [1.807, 2.05) is 0 Å². The molecule has 0 aromatic carbocycles. The molecule has 1 atom stereocenters.